The van der Waals surface area contributed by atoms with E-state index in [1.807, 2.05) is 18.2 Å². The maximum absolute atomic E-state index is 6.15. The third-order valence-corrected chi connectivity index (χ3v) is 4.75. The first kappa shape index (κ1) is 14.2. The van der Waals surface area contributed by atoms with Crippen LogP contribution in [0.2, 0.25) is 0 Å². The fourth-order valence-corrected chi connectivity index (χ4v) is 3.68. The van der Waals surface area contributed by atoms with Crippen LogP contribution in [0.4, 0.5) is 5.69 Å². The molecule has 0 aromatic heterocycles. The third-order valence-electron chi connectivity index (χ3n) is 4.75. The van der Waals surface area contributed by atoms with E-state index in [1.165, 1.54) is 38.5 Å². The van der Waals surface area contributed by atoms with Gasteiger partial charge in [0.2, 0.25) is 0 Å². The number of hydrogen-bond donors (Lipinski definition) is 1. The van der Waals surface area contributed by atoms with E-state index in [9.17, 15) is 0 Å². The Balaban J connectivity index is 1.78. The van der Waals surface area contributed by atoms with Gasteiger partial charge in [-0.3, -0.25) is 4.99 Å². The van der Waals surface area contributed by atoms with E-state index in [0.29, 0.717) is 12.0 Å². The largest absolute Gasteiger partial charge is 0.495 e. The minimum Gasteiger partial charge on any atom is -0.495 e. The van der Waals surface area contributed by atoms with Gasteiger partial charge in [-0.2, -0.15) is 0 Å². The van der Waals surface area contributed by atoms with Crippen molar-refractivity contribution >= 4 is 11.6 Å². The number of rotatable bonds is 4. The molecule has 1 heterocycles. The third kappa shape index (κ3) is 2.99. The molecule has 0 spiro atoms. The normalized spacial score (nSPS) is 23.2. The lowest BCUT2D eigenvalue weighted by Gasteiger charge is -2.31. The van der Waals surface area contributed by atoms with Gasteiger partial charge in [0.05, 0.1) is 25.4 Å². The van der Waals surface area contributed by atoms with Crippen LogP contribution in [0.1, 0.15) is 38.5 Å². The lowest BCUT2D eigenvalue weighted by atomic mass is 9.84. The van der Waals surface area contributed by atoms with Gasteiger partial charge >= 0.3 is 0 Å². The molecule has 1 saturated carbocycles. The molecular weight excluding hydrogens is 262 g/mol. The van der Waals surface area contributed by atoms with Crippen molar-refractivity contribution in [3.63, 3.8) is 0 Å². The second kappa shape index (κ2) is 6.37. The SMILES string of the molecule is COc1ccccc1N1C(N)=NCC1CC1CCCCC1. The summed E-state index contributed by atoms with van der Waals surface area (Å²) in [7, 11) is 1.71. The number of nitrogens with zero attached hydrogens (tertiary/aromatic N) is 2. The standard InChI is InChI=1S/C17H25N3O/c1-21-16-10-6-5-9-15(16)20-14(12-19-17(20)18)11-13-7-3-2-4-8-13/h5-6,9-10,13-14H,2-4,7-8,11-12H2,1H3,(H2,18,19). The fraction of sp³-hybridized carbons (Fsp3) is 0.588. The minimum absolute atomic E-state index is 0.379. The maximum Gasteiger partial charge on any atom is 0.196 e. The molecule has 1 aliphatic carbocycles. The van der Waals surface area contributed by atoms with Gasteiger partial charge in [0.1, 0.15) is 5.75 Å². The van der Waals surface area contributed by atoms with Crippen molar-refractivity contribution in [3.8, 4) is 5.75 Å². The molecule has 0 saturated heterocycles. The van der Waals surface area contributed by atoms with Gasteiger partial charge in [-0.15, -0.1) is 0 Å². The monoisotopic (exact) mass is 287 g/mol. The van der Waals surface area contributed by atoms with Gasteiger partial charge in [-0.05, 0) is 24.5 Å². The van der Waals surface area contributed by atoms with E-state index >= 15 is 0 Å². The van der Waals surface area contributed by atoms with Gasteiger partial charge in [-0.25, -0.2) is 0 Å². The Hall–Kier alpha value is -1.71. The molecule has 4 nitrogen and oxygen atoms in total. The molecule has 1 unspecified atom stereocenters. The molecule has 2 N–H and O–H groups in total. The topological polar surface area (TPSA) is 50.9 Å². The predicted molar refractivity (Wildman–Crippen MR) is 86.9 cm³/mol. The lowest BCUT2D eigenvalue weighted by molar-refractivity contribution is 0.321. The molecule has 0 bridgehead atoms. The highest BCUT2D eigenvalue weighted by atomic mass is 16.5. The maximum atomic E-state index is 6.15. The smallest absolute Gasteiger partial charge is 0.196 e. The zero-order valence-electron chi connectivity index (χ0n) is 12.8. The van der Waals surface area contributed by atoms with E-state index < -0.39 is 0 Å². The summed E-state index contributed by atoms with van der Waals surface area (Å²) in [5, 5.41) is 0. The van der Waals surface area contributed by atoms with Gasteiger partial charge < -0.3 is 15.4 Å². The first-order valence-corrected chi connectivity index (χ1v) is 8.01. The number of guanidine groups is 1. The number of anilines is 1. The molecular formula is C17H25N3O. The summed E-state index contributed by atoms with van der Waals surface area (Å²) in [5.74, 6) is 2.31. The highest BCUT2D eigenvalue weighted by Crippen LogP contribution is 2.35. The summed E-state index contributed by atoms with van der Waals surface area (Å²) >= 11 is 0. The number of benzene rings is 1. The van der Waals surface area contributed by atoms with Crippen molar-refractivity contribution in [2.75, 3.05) is 18.6 Å². The van der Waals surface area contributed by atoms with Crippen molar-refractivity contribution < 1.29 is 4.74 Å². The molecule has 1 aromatic carbocycles. The van der Waals surface area contributed by atoms with Crippen LogP contribution in [-0.2, 0) is 0 Å². The minimum atomic E-state index is 0.379. The Morgan fingerprint density at radius 1 is 1.24 bits per heavy atom. The molecule has 0 radical (unpaired) electrons. The molecule has 4 heteroatoms. The van der Waals surface area contributed by atoms with Crippen LogP contribution in [0.5, 0.6) is 5.75 Å². The fourth-order valence-electron chi connectivity index (χ4n) is 3.68. The van der Waals surface area contributed by atoms with Crippen molar-refractivity contribution in [2.45, 2.75) is 44.6 Å². The molecule has 1 fully saturated rings. The number of methoxy groups -OCH3 is 1. The predicted octanol–water partition coefficient (Wildman–Crippen LogP) is 3.17. The van der Waals surface area contributed by atoms with Crippen LogP contribution in [0.3, 0.4) is 0 Å². The Bertz CT molecular complexity index is 509. The van der Waals surface area contributed by atoms with Crippen molar-refractivity contribution in [3.05, 3.63) is 24.3 Å². The van der Waals surface area contributed by atoms with E-state index in [-0.39, 0.29) is 0 Å². The zero-order chi connectivity index (χ0) is 14.7. The van der Waals surface area contributed by atoms with Crippen molar-refractivity contribution in [1.29, 1.82) is 0 Å². The Morgan fingerprint density at radius 2 is 2.00 bits per heavy atom. The average Bonchev–Trinajstić information content (AvgIpc) is 2.89. The summed E-state index contributed by atoms with van der Waals surface area (Å²) in [6.45, 7) is 0.806. The second-order valence-corrected chi connectivity index (χ2v) is 6.13. The van der Waals surface area contributed by atoms with Crippen molar-refractivity contribution in [2.24, 2.45) is 16.6 Å². The van der Waals surface area contributed by atoms with Crippen molar-refractivity contribution in [1.82, 2.24) is 0 Å². The quantitative estimate of drug-likeness (QED) is 0.925. The van der Waals surface area contributed by atoms with Crippen LogP contribution in [0.15, 0.2) is 29.3 Å². The first-order chi connectivity index (χ1) is 10.3. The molecule has 0 amide bonds. The number of ether oxygens (including phenoxy) is 1. The van der Waals surface area contributed by atoms with Gasteiger partial charge in [0, 0.05) is 0 Å². The number of aliphatic imine (C=N–C) groups is 1. The van der Waals surface area contributed by atoms with Crippen LogP contribution < -0.4 is 15.4 Å². The Labute approximate surface area is 127 Å². The molecule has 1 aromatic rings. The summed E-state index contributed by atoms with van der Waals surface area (Å²) in [6, 6.07) is 8.45. The molecule has 2 aliphatic rings. The summed E-state index contributed by atoms with van der Waals surface area (Å²) in [5.41, 5.74) is 7.19. The molecule has 3 rings (SSSR count). The summed E-state index contributed by atoms with van der Waals surface area (Å²) < 4.78 is 5.49. The molecule has 114 valence electrons. The van der Waals surface area contributed by atoms with E-state index in [4.69, 9.17) is 10.5 Å². The lowest BCUT2D eigenvalue weighted by Crippen LogP contribution is -2.42. The number of hydrogen-bond acceptors (Lipinski definition) is 4. The first-order valence-electron chi connectivity index (χ1n) is 8.01. The Kier molecular flexibility index (Phi) is 4.32. The average molecular weight is 287 g/mol. The highest BCUT2D eigenvalue weighted by Gasteiger charge is 2.31. The van der Waals surface area contributed by atoms with E-state index in [0.717, 1.165) is 23.9 Å². The van der Waals surface area contributed by atoms with Gasteiger partial charge in [0.25, 0.3) is 0 Å². The van der Waals surface area contributed by atoms with Crippen LogP contribution in [0, 0.1) is 5.92 Å². The molecule has 1 aliphatic heterocycles. The van der Waals surface area contributed by atoms with Crippen LogP contribution >= 0.6 is 0 Å². The van der Waals surface area contributed by atoms with Crippen LogP contribution in [0.25, 0.3) is 0 Å². The zero-order valence-corrected chi connectivity index (χ0v) is 12.8. The number of para-hydroxylation sites is 2. The molecule has 1 atom stereocenters. The van der Waals surface area contributed by atoms with E-state index in [2.05, 4.69) is 16.0 Å². The van der Waals surface area contributed by atoms with E-state index in [1.54, 1.807) is 7.11 Å². The highest BCUT2D eigenvalue weighted by molar-refractivity contribution is 5.98. The molecule has 21 heavy (non-hydrogen) atoms. The van der Waals surface area contributed by atoms with Gasteiger partial charge in [0.15, 0.2) is 5.96 Å². The number of nitrogens with two attached hydrogens (primary N) is 1. The Morgan fingerprint density at radius 3 is 2.76 bits per heavy atom. The summed E-state index contributed by atoms with van der Waals surface area (Å²) in [4.78, 5) is 6.66. The van der Waals surface area contributed by atoms with Gasteiger partial charge in [-0.1, -0.05) is 44.2 Å². The second-order valence-electron chi connectivity index (χ2n) is 6.13. The van der Waals surface area contributed by atoms with Crippen LogP contribution in [-0.4, -0.2) is 25.7 Å². The summed E-state index contributed by atoms with van der Waals surface area (Å²) in [6.07, 6.45) is 8.05.